The average Bonchev–Trinajstić information content (AvgIpc) is 2.38. The van der Waals surface area contributed by atoms with Gasteiger partial charge in [0.15, 0.2) is 0 Å². The highest BCUT2D eigenvalue weighted by molar-refractivity contribution is 5.79. The first-order chi connectivity index (χ1) is 7.92. The Labute approximate surface area is 97.3 Å². The van der Waals surface area contributed by atoms with Gasteiger partial charge in [-0.2, -0.15) is 0 Å². The zero-order valence-corrected chi connectivity index (χ0v) is 9.48. The lowest BCUT2D eigenvalue weighted by atomic mass is 9.97. The molecule has 0 fully saturated rings. The van der Waals surface area contributed by atoms with Gasteiger partial charge < -0.3 is 0 Å². The van der Waals surface area contributed by atoms with E-state index in [9.17, 15) is 0 Å². The summed E-state index contributed by atoms with van der Waals surface area (Å²) in [7, 11) is 0. The predicted molar refractivity (Wildman–Crippen MR) is 69.1 cm³/mol. The van der Waals surface area contributed by atoms with Crippen molar-refractivity contribution in [3.8, 4) is 0 Å². The second-order valence-electron chi connectivity index (χ2n) is 3.67. The number of hydrogen-bond donors (Lipinski definition) is 0. The van der Waals surface area contributed by atoms with Gasteiger partial charge in [0.25, 0.3) is 0 Å². The predicted octanol–water partition coefficient (Wildman–Crippen LogP) is 4.33. The van der Waals surface area contributed by atoms with Crippen LogP contribution >= 0.6 is 0 Å². The zero-order chi connectivity index (χ0) is 11.2. The van der Waals surface area contributed by atoms with Crippen molar-refractivity contribution in [2.24, 2.45) is 0 Å². The fourth-order valence-corrected chi connectivity index (χ4v) is 1.77. The molecule has 1 radical (unpaired) electrons. The summed E-state index contributed by atoms with van der Waals surface area (Å²) in [6.45, 7) is 2.16. The minimum atomic E-state index is 1.03. The van der Waals surface area contributed by atoms with Gasteiger partial charge in [-0.05, 0) is 29.2 Å². The molecule has 0 N–H and O–H groups in total. The highest BCUT2D eigenvalue weighted by atomic mass is 14.1. The molecule has 0 heterocycles. The van der Waals surface area contributed by atoms with Gasteiger partial charge in [0.1, 0.15) is 0 Å². The van der Waals surface area contributed by atoms with Gasteiger partial charge >= 0.3 is 0 Å². The third-order valence-corrected chi connectivity index (χ3v) is 2.49. The van der Waals surface area contributed by atoms with E-state index in [1.807, 2.05) is 18.2 Å². The van der Waals surface area contributed by atoms with Crippen LogP contribution in [0.3, 0.4) is 0 Å². The van der Waals surface area contributed by atoms with Gasteiger partial charge in [-0.15, -0.1) is 0 Å². The highest BCUT2D eigenvalue weighted by Gasteiger charge is 2.02. The summed E-state index contributed by atoms with van der Waals surface area (Å²) in [6, 6.07) is 21.9. The molecule has 2 aromatic carbocycles. The Morgan fingerprint density at radius 1 is 1.06 bits per heavy atom. The standard InChI is InChI=1S/C16H15/c1-2-9-16(14-10-5-3-6-11-14)15-12-7-4-8-13-15/h3-12H,2H2,1H3/b16-9+. The van der Waals surface area contributed by atoms with E-state index < -0.39 is 0 Å². The molecule has 0 heteroatoms. The molecule has 0 bridgehead atoms. The van der Waals surface area contributed by atoms with Crippen LogP contribution in [-0.2, 0) is 0 Å². The summed E-state index contributed by atoms with van der Waals surface area (Å²) in [6.07, 6.45) is 3.29. The normalized spacial score (nSPS) is 11.4. The van der Waals surface area contributed by atoms with Crippen molar-refractivity contribution in [2.45, 2.75) is 13.3 Å². The molecule has 0 aliphatic heterocycles. The molecule has 16 heavy (non-hydrogen) atoms. The smallest absolute Gasteiger partial charge is 0.00991 e. The summed E-state index contributed by atoms with van der Waals surface area (Å²) < 4.78 is 0. The van der Waals surface area contributed by atoms with E-state index in [0.717, 1.165) is 12.0 Å². The first-order valence-electron chi connectivity index (χ1n) is 5.64. The van der Waals surface area contributed by atoms with E-state index in [4.69, 9.17) is 0 Å². The molecule has 0 aromatic heterocycles. The third kappa shape index (κ3) is 2.40. The van der Waals surface area contributed by atoms with Crippen LogP contribution in [0.2, 0.25) is 0 Å². The fourth-order valence-electron chi connectivity index (χ4n) is 1.77. The van der Waals surface area contributed by atoms with Crippen molar-refractivity contribution >= 4 is 5.57 Å². The lowest BCUT2D eigenvalue weighted by Crippen LogP contribution is -1.87. The molecule has 0 amide bonds. The average molecular weight is 207 g/mol. The van der Waals surface area contributed by atoms with Crippen LogP contribution < -0.4 is 0 Å². The molecule has 0 nitrogen and oxygen atoms in total. The largest absolute Gasteiger partial charge is 0.0763 e. The molecule has 0 aliphatic rings. The van der Waals surface area contributed by atoms with E-state index in [1.165, 1.54) is 11.1 Å². The van der Waals surface area contributed by atoms with Crippen molar-refractivity contribution in [2.75, 3.05) is 0 Å². The second kappa shape index (κ2) is 5.32. The van der Waals surface area contributed by atoms with Crippen molar-refractivity contribution in [3.05, 3.63) is 77.9 Å². The second-order valence-corrected chi connectivity index (χ2v) is 3.67. The van der Waals surface area contributed by atoms with E-state index >= 15 is 0 Å². The Morgan fingerprint density at radius 2 is 1.81 bits per heavy atom. The molecule has 0 atom stereocenters. The van der Waals surface area contributed by atoms with E-state index in [2.05, 4.69) is 55.5 Å². The maximum absolute atomic E-state index is 3.28. The quantitative estimate of drug-likeness (QED) is 0.702. The van der Waals surface area contributed by atoms with Crippen LogP contribution in [0.4, 0.5) is 0 Å². The number of allylic oxidation sites excluding steroid dienone is 1. The van der Waals surface area contributed by atoms with E-state index in [1.54, 1.807) is 0 Å². The van der Waals surface area contributed by atoms with Gasteiger partial charge in [-0.25, -0.2) is 0 Å². The molecule has 0 saturated heterocycles. The molecule has 0 saturated carbocycles. The van der Waals surface area contributed by atoms with Crippen LogP contribution in [0.5, 0.6) is 0 Å². The summed E-state index contributed by atoms with van der Waals surface area (Å²) in [5, 5.41) is 0. The monoisotopic (exact) mass is 207 g/mol. The summed E-state index contributed by atoms with van der Waals surface area (Å²) in [4.78, 5) is 0. The van der Waals surface area contributed by atoms with Gasteiger partial charge in [-0.3, -0.25) is 0 Å². The first-order valence-corrected chi connectivity index (χ1v) is 5.64. The first kappa shape index (κ1) is 10.7. The van der Waals surface area contributed by atoms with Crippen molar-refractivity contribution < 1.29 is 0 Å². The number of benzene rings is 2. The Balaban J connectivity index is 2.44. The van der Waals surface area contributed by atoms with Crippen molar-refractivity contribution in [3.63, 3.8) is 0 Å². The van der Waals surface area contributed by atoms with Crippen molar-refractivity contribution in [1.29, 1.82) is 0 Å². The topological polar surface area (TPSA) is 0 Å². The Bertz CT molecular complexity index is 410. The third-order valence-electron chi connectivity index (χ3n) is 2.49. The molecule has 0 aliphatic carbocycles. The Kier molecular flexibility index (Phi) is 3.55. The fraction of sp³-hybridized carbons (Fsp3) is 0.125. The zero-order valence-electron chi connectivity index (χ0n) is 9.48. The maximum Gasteiger partial charge on any atom is -0.00991 e. The van der Waals surface area contributed by atoms with Gasteiger partial charge in [0.05, 0.1) is 0 Å². The van der Waals surface area contributed by atoms with Gasteiger partial charge in [0.2, 0.25) is 0 Å². The van der Waals surface area contributed by atoms with Crippen LogP contribution in [0.1, 0.15) is 24.5 Å². The molecule has 0 spiro atoms. The Morgan fingerprint density at radius 3 is 2.44 bits per heavy atom. The van der Waals surface area contributed by atoms with E-state index in [0.29, 0.717) is 0 Å². The lowest BCUT2D eigenvalue weighted by molar-refractivity contribution is 1.22. The highest BCUT2D eigenvalue weighted by Crippen LogP contribution is 2.22. The Hall–Kier alpha value is -1.82. The van der Waals surface area contributed by atoms with Gasteiger partial charge in [-0.1, -0.05) is 67.6 Å². The molecule has 0 unspecified atom stereocenters. The summed E-state index contributed by atoms with van der Waals surface area (Å²) in [5.74, 6) is 0. The van der Waals surface area contributed by atoms with Crippen molar-refractivity contribution in [1.82, 2.24) is 0 Å². The summed E-state index contributed by atoms with van der Waals surface area (Å²) >= 11 is 0. The molecule has 2 aromatic rings. The van der Waals surface area contributed by atoms with Crippen LogP contribution in [0, 0.1) is 6.07 Å². The number of rotatable bonds is 3. The summed E-state index contributed by atoms with van der Waals surface area (Å²) in [5.41, 5.74) is 3.69. The van der Waals surface area contributed by atoms with Crippen LogP contribution in [0.15, 0.2) is 60.7 Å². The van der Waals surface area contributed by atoms with Crippen LogP contribution in [-0.4, -0.2) is 0 Å². The molecular formula is C16H15. The van der Waals surface area contributed by atoms with Gasteiger partial charge in [0, 0.05) is 0 Å². The van der Waals surface area contributed by atoms with Crippen LogP contribution in [0.25, 0.3) is 5.57 Å². The maximum atomic E-state index is 3.28. The SMILES string of the molecule is CC/C=C(/c1[c]cccc1)c1ccccc1. The minimum absolute atomic E-state index is 1.03. The molecular weight excluding hydrogens is 192 g/mol. The number of hydrogen-bond acceptors (Lipinski definition) is 0. The minimum Gasteiger partial charge on any atom is -0.0763 e. The molecule has 79 valence electrons. The molecule has 2 rings (SSSR count). The van der Waals surface area contributed by atoms with E-state index in [-0.39, 0.29) is 0 Å². The lowest BCUT2D eigenvalue weighted by Gasteiger charge is -2.07.